The van der Waals surface area contributed by atoms with Gasteiger partial charge in [-0.1, -0.05) is 117 Å². The number of benzene rings is 9. The molecule has 0 aromatic heterocycles. The zero-order chi connectivity index (χ0) is 71.7. The van der Waals surface area contributed by atoms with Crippen LogP contribution < -0.4 is 28.4 Å². The van der Waals surface area contributed by atoms with E-state index in [2.05, 4.69) is 14.2 Å². The Labute approximate surface area is 599 Å². The predicted molar refractivity (Wildman–Crippen MR) is 395 cm³/mol. The lowest BCUT2D eigenvalue weighted by Crippen LogP contribution is -2.20. The van der Waals surface area contributed by atoms with E-state index in [0.29, 0.717) is 49.6 Å². The molecule has 9 aromatic carbocycles. The zero-order valence-electron chi connectivity index (χ0n) is 55.0. The molecule has 534 valence electrons. The first kappa shape index (κ1) is 74.9. The van der Waals surface area contributed by atoms with Crippen LogP contribution in [0.1, 0.15) is 109 Å². The summed E-state index contributed by atoms with van der Waals surface area (Å²) >= 11 is 2.77. The number of carboxylic acid groups (broad SMARTS) is 3. The first-order chi connectivity index (χ1) is 48.5. The maximum Gasteiger partial charge on any atom is 0.313 e. The van der Waals surface area contributed by atoms with Crippen molar-refractivity contribution in [3.8, 4) is 34.5 Å². The van der Waals surface area contributed by atoms with Crippen LogP contribution in [0.25, 0.3) is 32.3 Å². The Morgan fingerprint density at radius 2 is 0.614 bits per heavy atom. The quantitative estimate of drug-likeness (QED) is 0.0154. The summed E-state index contributed by atoms with van der Waals surface area (Å²) in [4.78, 5) is 34.1. The maximum absolute atomic E-state index is 13.3. The van der Waals surface area contributed by atoms with E-state index in [-0.39, 0.29) is 99.3 Å². The van der Waals surface area contributed by atoms with E-state index in [9.17, 15) is 55.0 Å². The average Bonchev–Trinajstić information content (AvgIpc) is 0.883. The first-order valence-electron chi connectivity index (χ1n) is 33.2. The summed E-state index contributed by atoms with van der Waals surface area (Å²) in [5.41, 5.74) is 0.784. The van der Waals surface area contributed by atoms with Crippen molar-refractivity contribution in [3.63, 3.8) is 0 Å². The van der Waals surface area contributed by atoms with Crippen LogP contribution in [0.2, 0.25) is 0 Å². The van der Waals surface area contributed by atoms with Crippen LogP contribution in [0.5, 0.6) is 34.5 Å². The van der Waals surface area contributed by atoms with Crippen LogP contribution in [-0.2, 0) is 44.5 Å². The molecule has 3 fully saturated rings. The number of anilines is 3. The minimum Gasteiger partial charge on any atom is -0.506 e. The smallest absolute Gasteiger partial charge is 0.313 e. The van der Waals surface area contributed by atoms with Gasteiger partial charge in [0.1, 0.15) is 34.5 Å². The molecular formula is C74H79N3O18S6. The molecule has 0 saturated heterocycles. The van der Waals surface area contributed by atoms with Gasteiger partial charge in [0.15, 0.2) is 0 Å². The number of thioether (sulfide) groups is 3. The van der Waals surface area contributed by atoms with Gasteiger partial charge in [-0.2, -0.15) is 0 Å². The van der Waals surface area contributed by atoms with Crippen molar-refractivity contribution in [2.75, 3.05) is 31.4 Å². The Bertz CT molecular complexity index is 4770. The second kappa shape index (κ2) is 34.8. The number of fused-ring (bicyclic) bond motifs is 3. The minimum absolute atomic E-state index is 0.0627. The number of hydrogen-bond acceptors (Lipinski definition) is 18. The van der Waals surface area contributed by atoms with Gasteiger partial charge in [0.05, 0.1) is 82.0 Å². The number of rotatable bonds is 24. The van der Waals surface area contributed by atoms with Crippen LogP contribution in [0.3, 0.4) is 0 Å². The van der Waals surface area contributed by atoms with Crippen molar-refractivity contribution >= 4 is 133 Å². The highest BCUT2D eigenvalue weighted by Gasteiger charge is 2.26. The van der Waals surface area contributed by atoms with Crippen LogP contribution in [0, 0.1) is 0 Å². The van der Waals surface area contributed by atoms with Gasteiger partial charge in [-0.15, -0.1) is 35.3 Å². The Morgan fingerprint density at radius 3 is 0.921 bits per heavy atom. The molecule has 9 aromatic rings. The van der Waals surface area contributed by atoms with E-state index in [1.54, 1.807) is 109 Å². The van der Waals surface area contributed by atoms with E-state index in [0.717, 1.165) is 112 Å². The highest BCUT2D eigenvalue weighted by atomic mass is 32.2. The topological polar surface area (TPSA) is 339 Å². The van der Waals surface area contributed by atoms with Crippen molar-refractivity contribution in [1.82, 2.24) is 0 Å². The van der Waals surface area contributed by atoms with Gasteiger partial charge < -0.3 is 44.8 Å². The number of phenolic OH excluding ortho intramolecular Hbond substituents is 3. The largest absolute Gasteiger partial charge is 0.506 e. The number of phenols is 3. The van der Waals surface area contributed by atoms with Gasteiger partial charge >= 0.3 is 17.9 Å². The lowest BCUT2D eigenvalue weighted by Gasteiger charge is -2.23. The molecule has 0 spiro atoms. The number of nitrogens with one attached hydrogen (secondary N) is 3. The Hall–Kier alpha value is -8.73. The third-order valence-electron chi connectivity index (χ3n) is 17.2. The van der Waals surface area contributed by atoms with Crippen molar-refractivity contribution in [3.05, 3.63) is 164 Å². The number of aliphatic carboxylic acids is 3. The Morgan fingerprint density at radius 1 is 0.337 bits per heavy atom. The molecule has 21 nitrogen and oxygen atoms in total. The molecular weight excluding hydrogens is 1410 g/mol. The molecule has 0 atom stereocenters. The summed E-state index contributed by atoms with van der Waals surface area (Å²) in [6.07, 6.45) is 19.0. The van der Waals surface area contributed by atoms with Gasteiger partial charge in [-0.25, -0.2) is 25.3 Å². The maximum atomic E-state index is 13.3. The lowest BCUT2D eigenvalue weighted by molar-refractivity contribution is -0.134. The van der Waals surface area contributed by atoms with Crippen LogP contribution in [0.15, 0.2) is 193 Å². The highest BCUT2D eigenvalue weighted by Crippen LogP contribution is 2.44. The Kier molecular flexibility index (Phi) is 25.8. The fourth-order valence-corrected chi connectivity index (χ4v) is 17.7. The first-order valence-corrected chi connectivity index (χ1v) is 40.6. The molecule has 101 heavy (non-hydrogen) atoms. The molecule has 0 bridgehead atoms. The normalized spacial score (nSPS) is 15.0. The fraction of sp³-hybridized carbons (Fsp3) is 0.311. The van der Waals surface area contributed by atoms with E-state index >= 15 is 0 Å². The summed E-state index contributed by atoms with van der Waals surface area (Å²) < 4.78 is 105. The monoisotopic (exact) mass is 1490 g/mol. The van der Waals surface area contributed by atoms with Gasteiger partial charge in [-0.3, -0.25) is 28.5 Å². The number of ether oxygens (including phenoxy) is 3. The van der Waals surface area contributed by atoms with Gasteiger partial charge in [0.25, 0.3) is 30.1 Å². The van der Waals surface area contributed by atoms with E-state index in [1.165, 1.54) is 86.7 Å². The summed E-state index contributed by atoms with van der Waals surface area (Å²) in [5.74, 6) is -2.47. The highest BCUT2D eigenvalue weighted by molar-refractivity contribution is 8.00. The van der Waals surface area contributed by atoms with Crippen molar-refractivity contribution in [2.45, 2.75) is 157 Å². The van der Waals surface area contributed by atoms with Gasteiger partial charge in [0.2, 0.25) is 0 Å². The number of carbonyl (C=O) groups is 3. The lowest BCUT2D eigenvalue weighted by atomic mass is 9.98. The summed E-state index contributed by atoms with van der Waals surface area (Å²) in [5, 5.41) is 61.6. The molecule has 12 rings (SSSR count). The summed E-state index contributed by atoms with van der Waals surface area (Å²) in [6, 6.07) is 44.1. The number of aromatic hydroxyl groups is 3. The molecule has 27 heteroatoms. The Balaban J connectivity index is 0.000000163. The summed E-state index contributed by atoms with van der Waals surface area (Å²) in [7, 11) is -11.9. The second-order valence-corrected chi connectivity index (χ2v) is 32.7. The third-order valence-corrected chi connectivity index (χ3v) is 24.3. The molecule has 3 aliphatic rings. The second-order valence-electron chi connectivity index (χ2n) is 24.6. The van der Waals surface area contributed by atoms with Gasteiger partial charge in [-0.05, 0) is 144 Å². The minimum atomic E-state index is -3.97. The van der Waals surface area contributed by atoms with Crippen LogP contribution in [-0.4, -0.2) is 109 Å². The van der Waals surface area contributed by atoms with Crippen molar-refractivity contribution < 1.29 is 84.5 Å². The third kappa shape index (κ3) is 20.5. The average molecular weight is 1490 g/mol. The van der Waals surface area contributed by atoms with Crippen LogP contribution >= 0.6 is 35.3 Å². The molecule has 0 amide bonds. The molecule has 0 heterocycles. The SMILES string of the molecule is O=C(O)CSc1cc(NS(=O)(=O)c2ccc(OC3CCCCCC3)cc2)c2ccccc2c1O.O=C(O)CSc1cc(NS(=O)(=O)c2cccc(OC3CCCCC3)c2)c2ccccc2c1O.O=C(O)CSc1cc(NS(=O)(=O)c2cccc(OC3CCCCCC3)c2)c2ccccc2c1O. The van der Waals surface area contributed by atoms with E-state index < -0.39 is 48.0 Å². The van der Waals surface area contributed by atoms with Crippen LogP contribution in [0.4, 0.5) is 17.1 Å². The van der Waals surface area contributed by atoms with Gasteiger partial charge in [0, 0.05) is 44.5 Å². The molecule has 9 N–H and O–H groups in total. The molecule has 0 radical (unpaired) electrons. The fourth-order valence-electron chi connectivity index (χ4n) is 12.2. The zero-order valence-corrected chi connectivity index (χ0v) is 59.9. The standard InChI is InChI=1S/2C25H27NO6S2.C24H25NO6S2/c27-24(28)16-33-23-15-22(20-12-5-6-13-21(20)25(23)29)26-34(30,31)19-11-7-10-18(14-19)32-17-8-3-1-2-4-9-17;27-24(28)16-33-23-15-22(20-9-5-6-10-21(20)25(23)29)26-34(30,31)19-13-11-18(12-14-19)32-17-7-3-1-2-4-8-17;26-23(27)15-32-22-14-21(19-11-4-5-12-20(19)24(22)28)25-33(29,30)18-10-6-9-17(13-18)31-16-7-2-1-3-8-16/h5-7,10-15,17,26,29H,1-4,8-9,16H2,(H,27,28);5-6,9-15,17,26,29H,1-4,7-8,16H2,(H,27,28);4-6,9-14,16,25,28H,1-3,7-8,15H2,(H,26,27). The van der Waals surface area contributed by atoms with Crippen molar-refractivity contribution in [2.24, 2.45) is 0 Å². The summed E-state index contributed by atoms with van der Waals surface area (Å²) in [6.45, 7) is 0. The van der Waals surface area contributed by atoms with E-state index in [4.69, 9.17) is 29.5 Å². The number of sulfonamides is 3. The number of carboxylic acids is 3. The molecule has 0 aliphatic heterocycles. The number of hydrogen-bond donors (Lipinski definition) is 9. The van der Waals surface area contributed by atoms with E-state index in [1.807, 2.05) is 0 Å². The predicted octanol–water partition coefficient (Wildman–Crippen LogP) is 16.5. The van der Waals surface area contributed by atoms with Crippen molar-refractivity contribution in [1.29, 1.82) is 0 Å². The molecule has 0 unspecified atom stereocenters. The molecule has 3 aliphatic carbocycles. The molecule has 3 saturated carbocycles.